The van der Waals surface area contributed by atoms with Crippen molar-refractivity contribution in [1.82, 2.24) is 0 Å². The molecule has 4 heteroatoms. The van der Waals surface area contributed by atoms with Crippen LogP contribution in [0.1, 0.15) is 75.0 Å². The molecule has 284 valence electrons. The van der Waals surface area contributed by atoms with Crippen LogP contribution in [0, 0.1) is 0 Å². The van der Waals surface area contributed by atoms with Gasteiger partial charge in [0, 0.05) is 51.0 Å². The van der Waals surface area contributed by atoms with E-state index in [1.807, 2.05) is 12.1 Å². The van der Waals surface area contributed by atoms with Gasteiger partial charge < -0.3 is 19.3 Å². The van der Waals surface area contributed by atoms with Crippen molar-refractivity contribution in [3.8, 4) is 11.5 Å². The predicted octanol–water partition coefficient (Wildman–Crippen LogP) is 14.8. The zero-order valence-corrected chi connectivity index (χ0v) is 33.5. The van der Waals surface area contributed by atoms with Crippen molar-refractivity contribution in [3.63, 3.8) is 0 Å². The van der Waals surface area contributed by atoms with Crippen LogP contribution < -0.4 is 19.3 Å². The molecule has 0 radical (unpaired) electrons. The molecule has 0 saturated heterocycles. The Morgan fingerprint density at radius 1 is 0.509 bits per heavy atom. The SMILES string of the molecule is COc1cccc(N(c2ccccc2)c2cc(C3CCCCC3)c3ccc4c(N(c5ccccc5)c5cccc(OC)c5)cc5c6c(cc2c3c46)C(C)(C)CC5)c1. The van der Waals surface area contributed by atoms with Crippen molar-refractivity contribution in [3.05, 3.63) is 156 Å². The van der Waals surface area contributed by atoms with Gasteiger partial charge >= 0.3 is 0 Å². The summed E-state index contributed by atoms with van der Waals surface area (Å²) in [6.07, 6.45) is 8.43. The molecular weight excluding hydrogens is 697 g/mol. The minimum Gasteiger partial charge on any atom is -0.497 e. The van der Waals surface area contributed by atoms with E-state index < -0.39 is 0 Å². The lowest BCUT2D eigenvalue weighted by atomic mass is 9.69. The van der Waals surface area contributed by atoms with Crippen molar-refractivity contribution < 1.29 is 9.47 Å². The van der Waals surface area contributed by atoms with E-state index >= 15 is 0 Å². The van der Waals surface area contributed by atoms with Crippen LogP contribution in [-0.2, 0) is 11.8 Å². The first kappa shape index (κ1) is 35.4. The minimum absolute atomic E-state index is 0.0000695. The first-order valence-electron chi connectivity index (χ1n) is 20.7. The van der Waals surface area contributed by atoms with Gasteiger partial charge in [-0.25, -0.2) is 0 Å². The van der Waals surface area contributed by atoms with E-state index in [2.05, 4.69) is 151 Å². The Morgan fingerprint density at radius 3 is 1.67 bits per heavy atom. The molecule has 1 saturated carbocycles. The van der Waals surface area contributed by atoms with Gasteiger partial charge in [-0.3, -0.25) is 0 Å². The van der Waals surface area contributed by atoms with Crippen LogP contribution in [0.2, 0.25) is 0 Å². The van der Waals surface area contributed by atoms with Crippen LogP contribution in [0.25, 0.3) is 32.3 Å². The molecule has 0 bridgehead atoms. The molecule has 0 atom stereocenters. The number of ether oxygens (including phenoxy) is 2. The van der Waals surface area contributed by atoms with E-state index in [1.54, 1.807) is 14.2 Å². The fourth-order valence-corrected chi connectivity index (χ4v) is 10.1. The molecule has 0 amide bonds. The molecule has 0 N–H and O–H groups in total. The fraction of sp³-hybridized carbons (Fsp3) is 0.245. The van der Waals surface area contributed by atoms with E-state index in [1.165, 1.54) is 92.5 Å². The summed E-state index contributed by atoms with van der Waals surface area (Å²) >= 11 is 0. The van der Waals surface area contributed by atoms with E-state index in [9.17, 15) is 0 Å². The minimum atomic E-state index is 0.0000695. The van der Waals surface area contributed by atoms with Gasteiger partial charge in [0.15, 0.2) is 0 Å². The Morgan fingerprint density at radius 2 is 1.07 bits per heavy atom. The van der Waals surface area contributed by atoms with E-state index in [-0.39, 0.29) is 5.41 Å². The maximum atomic E-state index is 5.84. The molecule has 2 aliphatic rings. The highest BCUT2D eigenvalue weighted by Gasteiger charge is 2.34. The summed E-state index contributed by atoms with van der Waals surface area (Å²) in [6, 6.07) is 51.4. The Bertz CT molecular complexity index is 2730. The third-order valence-corrected chi connectivity index (χ3v) is 13.0. The molecule has 8 aromatic carbocycles. The quantitative estimate of drug-likeness (QED) is 0.137. The summed E-state index contributed by atoms with van der Waals surface area (Å²) in [7, 11) is 3.51. The number of aryl methyl sites for hydroxylation is 1. The topological polar surface area (TPSA) is 24.9 Å². The summed E-state index contributed by atoms with van der Waals surface area (Å²) < 4.78 is 11.6. The summed E-state index contributed by atoms with van der Waals surface area (Å²) in [5.74, 6) is 2.20. The highest BCUT2D eigenvalue weighted by Crippen LogP contribution is 2.55. The smallest absolute Gasteiger partial charge is 0.120 e. The molecule has 57 heavy (non-hydrogen) atoms. The summed E-state index contributed by atoms with van der Waals surface area (Å²) in [6.45, 7) is 4.90. The van der Waals surface area contributed by atoms with Crippen molar-refractivity contribution >= 4 is 66.4 Å². The Balaban J connectivity index is 1.37. The van der Waals surface area contributed by atoms with Gasteiger partial charge in [-0.05, 0) is 137 Å². The predicted molar refractivity (Wildman–Crippen MR) is 240 cm³/mol. The van der Waals surface area contributed by atoms with Gasteiger partial charge in [-0.1, -0.05) is 93.8 Å². The molecule has 0 aromatic heterocycles. The van der Waals surface area contributed by atoms with Gasteiger partial charge in [0.25, 0.3) is 0 Å². The molecule has 1 fully saturated rings. The number of para-hydroxylation sites is 2. The number of anilines is 6. The molecule has 0 aliphatic heterocycles. The number of nitrogens with zero attached hydrogens (tertiary/aromatic N) is 2. The zero-order chi connectivity index (χ0) is 38.7. The van der Waals surface area contributed by atoms with E-state index in [0.29, 0.717) is 5.92 Å². The highest BCUT2D eigenvalue weighted by atomic mass is 16.5. The first-order valence-corrected chi connectivity index (χ1v) is 20.7. The summed E-state index contributed by atoms with van der Waals surface area (Å²) in [5.41, 5.74) is 11.2. The average Bonchev–Trinajstić information content (AvgIpc) is 3.26. The van der Waals surface area contributed by atoms with Crippen LogP contribution in [0.3, 0.4) is 0 Å². The molecule has 0 spiro atoms. The zero-order valence-electron chi connectivity index (χ0n) is 33.5. The number of methoxy groups -OCH3 is 2. The lowest BCUT2D eigenvalue weighted by Crippen LogP contribution is -2.24. The fourth-order valence-electron chi connectivity index (χ4n) is 10.1. The van der Waals surface area contributed by atoms with Crippen LogP contribution in [0.5, 0.6) is 11.5 Å². The van der Waals surface area contributed by atoms with Gasteiger partial charge in [0.05, 0.1) is 25.6 Å². The largest absolute Gasteiger partial charge is 0.497 e. The second-order valence-corrected chi connectivity index (χ2v) is 16.8. The Labute approximate surface area is 336 Å². The molecule has 0 unspecified atom stereocenters. The third-order valence-electron chi connectivity index (χ3n) is 13.0. The number of hydrogen-bond donors (Lipinski definition) is 0. The normalized spacial score (nSPS) is 15.3. The van der Waals surface area contributed by atoms with Crippen LogP contribution in [0.4, 0.5) is 34.1 Å². The van der Waals surface area contributed by atoms with Crippen LogP contribution >= 0.6 is 0 Å². The van der Waals surface area contributed by atoms with E-state index in [4.69, 9.17) is 9.47 Å². The van der Waals surface area contributed by atoms with Gasteiger partial charge in [-0.15, -0.1) is 0 Å². The van der Waals surface area contributed by atoms with E-state index in [0.717, 1.165) is 47.1 Å². The highest BCUT2D eigenvalue weighted by molar-refractivity contribution is 6.30. The molecular formula is C53H50N2O2. The van der Waals surface area contributed by atoms with Crippen molar-refractivity contribution in [2.24, 2.45) is 0 Å². The molecule has 0 heterocycles. The number of benzene rings is 8. The first-order chi connectivity index (χ1) is 27.9. The third kappa shape index (κ3) is 5.96. The lowest BCUT2D eigenvalue weighted by molar-refractivity contribution is 0.415. The standard InChI is InChI=1S/C53H50N2O2/c1-53(2)29-28-36-30-48(54(37-18-10-6-11-19-37)39-22-14-24-41(31-39)56-3)44-27-26-43-45(35-16-8-5-9-17-35)34-49(46-33-47(53)50(36)52(44)51(43)46)55(38-20-12-7-13-21-38)40-23-15-25-42(32-40)57-4/h6-7,10-15,18-27,30-35H,5,8-9,16-17,28-29H2,1-4H3. The molecule has 10 rings (SSSR count). The molecule has 4 nitrogen and oxygen atoms in total. The van der Waals surface area contributed by atoms with Crippen molar-refractivity contribution in [1.29, 1.82) is 0 Å². The number of hydrogen-bond acceptors (Lipinski definition) is 4. The molecule has 8 aromatic rings. The Hall–Kier alpha value is -6.00. The summed E-state index contributed by atoms with van der Waals surface area (Å²) in [4.78, 5) is 4.93. The second kappa shape index (κ2) is 14.2. The van der Waals surface area contributed by atoms with Gasteiger partial charge in [-0.2, -0.15) is 0 Å². The Kier molecular flexibility index (Phi) is 8.81. The monoisotopic (exact) mass is 746 g/mol. The van der Waals surface area contributed by atoms with Crippen LogP contribution in [-0.4, -0.2) is 14.2 Å². The average molecular weight is 747 g/mol. The van der Waals surface area contributed by atoms with Gasteiger partial charge in [0.2, 0.25) is 0 Å². The number of rotatable bonds is 9. The van der Waals surface area contributed by atoms with Crippen molar-refractivity contribution in [2.45, 2.75) is 70.1 Å². The maximum absolute atomic E-state index is 5.84. The lowest BCUT2D eigenvalue weighted by Gasteiger charge is -2.37. The maximum Gasteiger partial charge on any atom is 0.120 e. The second-order valence-electron chi connectivity index (χ2n) is 16.8. The van der Waals surface area contributed by atoms with Crippen LogP contribution in [0.15, 0.2) is 140 Å². The summed E-state index contributed by atoms with van der Waals surface area (Å²) in [5, 5.41) is 8.19. The van der Waals surface area contributed by atoms with Gasteiger partial charge in [0.1, 0.15) is 11.5 Å². The molecule has 2 aliphatic carbocycles. The van der Waals surface area contributed by atoms with Crippen molar-refractivity contribution in [2.75, 3.05) is 24.0 Å².